The van der Waals surface area contributed by atoms with E-state index < -0.39 is 0 Å². The van der Waals surface area contributed by atoms with Gasteiger partial charge in [0.15, 0.2) is 0 Å². The molecule has 1 heterocycles. The van der Waals surface area contributed by atoms with Crippen LogP contribution in [0.4, 0.5) is 0 Å². The summed E-state index contributed by atoms with van der Waals surface area (Å²) in [6.45, 7) is 32.7. The van der Waals surface area contributed by atoms with Crippen LogP contribution >= 0.6 is 0 Å². The van der Waals surface area contributed by atoms with Gasteiger partial charge in [-0.15, -0.1) is 0 Å². The topological polar surface area (TPSA) is 21.8 Å². The summed E-state index contributed by atoms with van der Waals surface area (Å²) in [5.74, 6) is 0. The first kappa shape index (κ1) is 38.0. The number of nitrogens with zero attached hydrogens (tertiary/aromatic N) is 3. The Morgan fingerprint density at radius 3 is 1.43 bits per heavy atom. The van der Waals surface area contributed by atoms with Crippen LogP contribution in [0, 0.1) is 34.6 Å². The molecule has 0 amide bonds. The molecule has 0 aliphatic carbocycles. The first-order valence-corrected chi connectivity index (χ1v) is 18.3. The second kappa shape index (κ2) is 19.4. The Kier molecular flexibility index (Phi) is 16.0. The zero-order valence-corrected chi connectivity index (χ0v) is 31.2. The lowest BCUT2D eigenvalue weighted by molar-refractivity contribution is 0.209. The summed E-state index contributed by atoms with van der Waals surface area (Å²) in [4.78, 5) is 8.12. The largest absolute Gasteiger partial charge is 0.310 e. The Morgan fingerprint density at radius 1 is 0.522 bits per heavy atom. The average Bonchev–Trinajstić information content (AvgIpc) is 3.11. The average molecular weight is 627 g/mol. The van der Waals surface area contributed by atoms with E-state index in [1.807, 2.05) is 13.8 Å². The molecule has 46 heavy (non-hydrogen) atoms. The summed E-state index contributed by atoms with van der Waals surface area (Å²) in [7, 11) is 0. The summed E-state index contributed by atoms with van der Waals surface area (Å²) in [5, 5.41) is 3.81. The lowest BCUT2D eigenvalue weighted by Crippen LogP contribution is -2.35. The summed E-state index contributed by atoms with van der Waals surface area (Å²) >= 11 is 0. The maximum atomic E-state index is 3.81. The van der Waals surface area contributed by atoms with Crippen LogP contribution in [0.15, 0.2) is 48.5 Å². The van der Waals surface area contributed by atoms with E-state index in [-0.39, 0.29) is 0 Å². The zero-order valence-electron chi connectivity index (χ0n) is 31.2. The quantitative estimate of drug-likeness (QED) is 0.217. The molecule has 0 spiro atoms. The second-order valence-corrected chi connectivity index (χ2v) is 13.6. The van der Waals surface area contributed by atoms with Crippen LogP contribution in [0.25, 0.3) is 0 Å². The fourth-order valence-electron chi connectivity index (χ4n) is 7.01. The number of aryl methyl sites for hydroxylation is 5. The maximum Gasteiger partial charge on any atom is 0.0237 e. The van der Waals surface area contributed by atoms with E-state index in [0.29, 0.717) is 6.04 Å². The van der Waals surface area contributed by atoms with Gasteiger partial charge < -0.3 is 5.32 Å². The SMILES string of the molecule is CC.CCc1cc(C)cc(CN2CCN(Cc3cc(C)cc(C)c3)CCN(Cc3cc(C)cc(CNC(CC)CC)c3C)CC2)c1. The van der Waals surface area contributed by atoms with E-state index in [4.69, 9.17) is 0 Å². The normalized spacial score (nSPS) is 15.3. The van der Waals surface area contributed by atoms with E-state index >= 15 is 0 Å². The highest BCUT2D eigenvalue weighted by Gasteiger charge is 2.19. The molecule has 0 bridgehead atoms. The summed E-state index contributed by atoms with van der Waals surface area (Å²) in [5.41, 5.74) is 14.2. The molecule has 1 N–H and O–H groups in total. The fourth-order valence-corrected chi connectivity index (χ4v) is 7.01. The smallest absolute Gasteiger partial charge is 0.0237 e. The fraction of sp³-hybridized carbons (Fsp3) is 0.571. The first-order chi connectivity index (χ1) is 22.1. The maximum absolute atomic E-state index is 3.81. The third-order valence-corrected chi connectivity index (χ3v) is 9.62. The van der Waals surface area contributed by atoms with Gasteiger partial charge in [0.1, 0.15) is 0 Å². The van der Waals surface area contributed by atoms with Gasteiger partial charge in [0.2, 0.25) is 0 Å². The number of hydrogen-bond donors (Lipinski definition) is 1. The van der Waals surface area contributed by atoms with Gasteiger partial charge in [0, 0.05) is 71.5 Å². The van der Waals surface area contributed by atoms with Crippen molar-refractivity contribution in [3.05, 3.63) is 104 Å². The molecular formula is C42H66N4. The van der Waals surface area contributed by atoms with Crippen molar-refractivity contribution in [3.8, 4) is 0 Å². The Balaban J connectivity index is 0.00000282. The van der Waals surface area contributed by atoms with Crippen molar-refractivity contribution < 1.29 is 0 Å². The summed E-state index contributed by atoms with van der Waals surface area (Å²) < 4.78 is 0. The van der Waals surface area contributed by atoms with Gasteiger partial charge in [-0.3, -0.25) is 14.7 Å². The van der Waals surface area contributed by atoms with Crippen molar-refractivity contribution in [3.63, 3.8) is 0 Å². The Bertz CT molecular complexity index is 1320. The molecule has 3 aromatic carbocycles. The molecule has 1 fully saturated rings. The molecule has 1 aliphatic rings. The van der Waals surface area contributed by atoms with Gasteiger partial charge in [-0.2, -0.15) is 0 Å². The Labute approximate surface area is 283 Å². The van der Waals surface area contributed by atoms with Crippen molar-refractivity contribution in [2.24, 2.45) is 0 Å². The lowest BCUT2D eigenvalue weighted by Gasteiger charge is -2.27. The van der Waals surface area contributed by atoms with Crippen molar-refractivity contribution in [1.29, 1.82) is 0 Å². The minimum Gasteiger partial charge on any atom is -0.310 e. The minimum absolute atomic E-state index is 0.590. The molecule has 0 saturated carbocycles. The number of rotatable bonds is 12. The van der Waals surface area contributed by atoms with E-state index in [1.54, 1.807) is 0 Å². The molecule has 0 radical (unpaired) electrons. The number of benzene rings is 3. The van der Waals surface area contributed by atoms with E-state index in [9.17, 15) is 0 Å². The zero-order chi connectivity index (χ0) is 33.6. The highest BCUT2D eigenvalue weighted by Crippen LogP contribution is 2.21. The summed E-state index contributed by atoms with van der Waals surface area (Å²) in [6, 6.07) is 19.6. The number of nitrogens with one attached hydrogen (secondary N) is 1. The van der Waals surface area contributed by atoms with Crippen LogP contribution in [0.5, 0.6) is 0 Å². The van der Waals surface area contributed by atoms with Gasteiger partial charge in [0.05, 0.1) is 0 Å². The van der Waals surface area contributed by atoms with Crippen LogP contribution in [0.2, 0.25) is 0 Å². The van der Waals surface area contributed by atoms with Gasteiger partial charge in [-0.05, 0) is 87.3 Å². The minimum atomic E-state index is 0.590. The van der Waals surface area contributed by atoms with Crippen molar-refractivity contribution >= 4 is 0 Å². The molecule has 1 saturated heterocycles. The standard InChI is InChI=1S/C40H60N4.C2H6/c1-9-35-19-32(6)22-37(25-35)28-43-13-12-42(27-36-20-30(4)18-31(5)21-36)14-16-44(17-15-43)29-39-24-33(7)23-38(34(39)8)26-41-40(10-2)11-3;1-2/h18-25,40-41H,9-17,26-29H2,1-8H3;1-2H3. The van der Waals surface area contributed by atoms with Crippen LogP contribution < -0.4 is 5.32 Å². The predicted octanol–water partition coefficient (Wildman–Crippen LogP) is 8.92. The van der Waals surface area contributed by atoms with Gasteiger partial charge in [-0.1, -0.05) is 105 Å². The molecule has 4 rings (SSSR count). The second-order valence-electron chi connectivity index (χ2n) is 13.6. The molecule has 0 unspecified atom stereocenters. The number of hydrogen-bond acceptors (Lipinski definition) is 4. The monoisotopic (exact) mass is 627 g/mol. The van der Waals surface area contributed by atoms with Crippen LogP contribution in [0.1, 0.15) is 103 Å². The van der Waals surface area contributed by atoms with Crippen LogP contribution in [0.3, 0.4) is 0 Å². The van der Waals surface area contributed by atoms with Gasteiger partial charge >= 0.3 is 0 Å². The van der Waals surface area contributed by atoms with Crippen molar-refractivity contribution in [2.75, 3.05) is 39.3 Å². The van der Waals surface area contributed by atoms with Crippen molar-refractivity contribution in [1.82, 2.24) is 20.0 Å². The first-order valence-electron chi connectivity index (χ1n) is 18.3. The highest BCUT2D eigenvalue weighted by atomic mass is 15.3. The lowest BCUT2D eigenvalue weighted by atomic mass is 9.98. The van der Waals surface area contributed by atoms with E-state index in [0.717, 1.165) is 71.9 Å². The third-order valence-electron chi connectivity index (χ3n) is 9.62. The molecular weight excluding hydrogens is 560 g/mol. The van der Waals surface area contributed by atoms with E-state index in [2.05, 4.69) is 124 Å². The molecule has 3 aromatic rings. The van der Waals surface area contributed by atoms with Gasteiger partial charge in [-0.25, -0.2) is 0 Å². The van der Waals surface area contributed by atoms with E-state index in [1.165, 1.54) is 68.5 Å². The summed E-state index contributed by atoms with van der Waals surface area (Å²) in [6.07, 6.45) is 3.45. The Morgan fingerprint density at radius 2 is 0.935 bits per heavy atom. The molecule has 4 heteroatoms. The van der Waals surface area contributed by atoms with Crippen LogP contribution in [-0.4, -0.2) is 60.0 Å². The van der Waals surface area contributed by atoms with Crippen molar-refractivity contribution in [2.45, 2.75) is 121 Å². The third kappa shape index (κ3) is 11.9. The molecule has 4 nitrogen and oxygen atoms in total. The molecule has 0 aromatic heterocycles. The Hall–Kier alpha value is -2.50. The molecule has 1 aliphatic heterocycles. The van der Waals surface area contributed by atoms with Crippen LogP contribution in [-0.2, 0) is 32.6 Å². The highest BCUT2D eigenvalue weighted by molar-refractivity contribution is 5.38. The molecule has 0 atom stereocenters. The molecule has 254 valence electrons. The van der Waals surface area contributed by atoms with Gasteiger partial charge in [0.25, 0.3) is 0 Å². The predicted molar refractivity (Wildman–Crippen MR) is 201 cm³/mol.